The topological polar surface area (TPSA) is 64.0 Å². The fraction of sp³-hybridized carbons (Fsp3) is 0.0556. The van der Waals surface area contributed by atoms with Crippen LogP contribution in [-0.2, 0) is 7.05 Å². The second-order valence-corrected chi connectivity index (χ2v) is 6.73. The Kier molecular flexibility index (Phi) is 3.77. The van der Waals surface area contributed by atoms with Gasteiger partial charge in [0, 0.05) is 18.6 Å². The van der Waals surface area contributed by atoms with E-state index < -0.39 is 23.0 Å². The molecular formula is C18H11F2N3O2S. The highest BCUT2D eigenvalue weighted by molar-refractivity contribution is 7.22. The van der Waals surface area contributed by atoms with Crippen molar-refractivity contribution in [2.45, 2.75) is 0 Å². The molecular weight excluding hydrogens is 360 g/mol. The van der Waals surface area contributed by atoms with Gasteiger partial charge >= 0.3 is 0 Å². The van der Waals surface area contributed by atoms with Crippen LogP contribution in [0.3, 0.4) is 0 Å². The summed E-state index contributed by atoms with van der Waals surface area (Å²) >= 11 is 1.10. The minimum Gasteiger partial charge on any atom is -0.347 e. The molecule has 0 aliphatic carbocycles. The second-order valence-electron chi connectivity index (χ2n) is 5.70. The summed E-state index contributed by atoms with van der Waals surface area (Å²) in [5, 5.41) is 2.92. The van der Waals surface area contributed by atoms with E-state index in [1.165, 1.54) is 47.2 Å². The number of pyridine rings is 1. The van der Waals surface area contributed by atoms with Crippen LogP contribution in [-0.4, -0.2) is 15.5 Å². The van der Waals surface area contributed by atoms with Crippen molar-refractivity contribution in [2.75, 3.05) is 5.32 Å². The Morgan fingerprint density at radius 1 is 1.23 bits per heavy atom. The maximum Gasteiger partial charge on any atom is 0.262 e. The first-order valence-electron chi connectivity index (χ1n) is 7.59. The summed E-state index contributed by atoms with van der Waals surface area (Å²) in [5.41, 5.74) is -0.0250. The number of nitrogens with one attached hydrogen (secondary N) is 1. The SMILES string of the molecule is Cn1cc(C(=O)Nc2nc3ccc(F)cc3s2)c(=O)c2cccc(F)c21. The Morgan fingerprint density at radius 2 is 2.04 bits per heavy atom. The molecule has 0 bridgehead atoms. The first kappa shape index (κ1) is 16.3. The number of amides is 1. The van der Waals surface area contributed by atoms with E-state index in [9.17, 15) is 18.4 Å². The predicted octanol–water partition coefficient (Wildman–Crippen LogP) is 3.68. The Bertz CT molecular complexity index is 1250. The minimum atomic E-state index is -0.656. The van der Waals surface area contributed by atoms with Crippen molar-refractivity contribution < 1.29 is 13.6 Å². The van der Waals surface area contributed by atoms with Crippen LogP contribution in [0, 0.1) is 11.6 Å². The van der Waals surface area contributed by atoms with E-state index in [1.54, 1.807) is 7.05 Å². The van der Waals surface area contributed by atoms with E-state index >= 15 is 0 Å². The second kappa shape index (κ2) is 5.99. The third kappa shape index (κ3) is 2.64. The number of para-hydroxylation sites is 1. The molecule has 0 atom stereocenters. The fourth-order valence-electron chi connectivity index (χ4n) is 2.80. The summed E-state index contributed by atoms with van der Waals surface area (Å²) in [6.07, 6.45) is 1.29. The zero-order chi connectivity index (χ0) is 18.4. The number of halogens is 2. The summed E-state index contributed by atoms with van der Waals surface area (Å²) in [4.78, 5) is 29.3. The number of aromatic nitrogens is 2. The Labute approximate surface area is 149 Å². The van der Waals surface area contributed by atoms with Gasteiger partial charge in [-0.25, -0.2) is 13.8 Å². The van der Waals surface area contributed by atoms with Crippen molar-refractivity contribution in [2.24, 2.45) is 7.05 Å². The predicted molar refractivity (Wildman–Crippen MR) is 96.7 cm³/mol. The standard InChI is InChI=1S/C18H11F2N3O2S/c1-23-8-11(16(24)10-3-2-4-12(20)15(10)23)17(25)22-18-21-13-6-5-9(19)7-14(13)26-18/h2-8H,1H3,(H,21,22,25). The lowest BCUT2D eigenvalue weighted by Crippen LogP contribution is -2.23. The molecule has 0 fully saturated rings. The van der Waals surface area contributed by atoms with Crippen molar-refractivity contribution in [1.82, 2.24) is 9.55 Å². The number of hydrogen-bond donors (Lipinski definition) is 1. The number of rotatable bonds is 2. The lowest BCUT2D eigenvalue weighted by molar-refractivity contribution is 0.102. The quantitative estimate of drug-likeness (QED) is 0.585. The van der Waals surface area contributed by atoms with Crippen molar-refractivity contribution in [3.8, 4) is 0 Å². The van der Waals surface area contributed by atoms with E-state index in [4.69, 9.17) is 0 Å². The number of carbonyl (C=O) groups excluding carboxylic acids is 1. The van der Waals surface area contributed by atoms with Crippen LogP contribution in [0.1, 0.15) is 10.4 Å². The van der Waals surface area contributed by atoms with Gasteiger partial charge in [-0.15, -0.1) is 0 Å². The molecule has 8 heteroatoms. The van der Waals surface area contributed by atoms with Crippen LogP contribution in [0.25, 0.3) is 21.1 Å². The number of carbonyl (C=O) groups is 1. The van der Waals surface area contributed by atoms with Gasteiger partial charge in [0.15, 0.2) is 5.13 Å². The summed E-state index contributed by atoms with van der Waals surface area (Å²) in [6, 6.07) is 8.25. The van der Waals surface area contributed by atoms with Gasteiger partial charge in [0.25, 0.3) is 5.91 Å². The van der Waals surface area contributed by atoms with E-state index in [0.717, 1.165) is 11.3 Å². The Hall–Kier alpha value is -3.13. The maximum absolute atomic E-state index is 14.0. The number of thiazole rings is 1. The van der Waals surface area contributed by atoms with Crippen LogP contribution < -0.4 is 10.7 Å². The van der Waals surface area contributed by atoms with Crippen molar-refractivity contribution >= 4 is 43.5 Å². The fourth-order valence-corrected chi connectivity index (χ4v) is 3.68. The third-order valence-corrected chi connectivity index (χ3v) is 4.90. The van der Waals surface area contributed by atoms with Crippen molar-refractivity contribution in [1.29, 1.82) is 0 Å². The van der Waals surface area contributed by atoms with Crippen molar-refractivity contribution in [3.63, 3.8) is 0 Å². The van der Waals surface area contributed by atoms with Gasteiger partial charge in [0.2, 0.25) is 5.43 Å². The molecule has 0 spiro atoms. The lowest BCUT2D eigenvalue weighted by atomic mass is 10.1. The molecule has 0 aliphatic rings. The van der Waals surface area contributed by atoms with Crippen molar-refractivity contribution in [3.05, 3.63) is 70.0 Å². The lowest BCUT2D eigenvalue weighted by Gasteiger charge is -2.09. The van der Waals surface area contributed by atoms with Gasteiger partial charge in [0.05, 0.1) is 15.7 Å². The van der Waals surface area contributed by atoms with Gasteiger partial charge in [-0.2, -0.15) is 0 Å². The molecule has 0 saturated heterocycles. The van der Waals surface area contributed by atoms with Gasteiger partial charge in [-0.05, 0) is 30.3 Å². The Morgan fingerprint density at radius 3 is 2.85 bits per heavy atom. The molecule has 0 radical (unpaired) electrons. The van der Waals surface area contributed by atoms with E-state index in [-0.39, 0.29) is 21.6 Å². The molecule has 0 unspecified atom stereocenters. The smallest absolute Gasteiger partial charge is 0.262 e. The average Bonchev–Trinajstić information content (AvgIpc) is 2.99. The molecule has 1 N–H and O–H groups in total. The molecule has 26 heavy (non-hydrogen) atoms. The molecule has 4 aromatic rings. The minimum absolute atomic E-state index is 0.117. The molecule has 0 saturated carbocycles. The number of hydrogen-bond acceptors (Lipinski definition) is 4. The molecule has 2 aromatic carbocycles. The van der Waals surface area contributed by atoms with Crippen LogP contribution in [0.4, 0.5) is 13.9 Å². The first-order valence-corrected chi connectivity index (χ1v) is 8.41. The molecule has 5 nitrogen and oxygen atoms in total. The van der Waals surface area contributed by atoms with E-state index in [2.05, 4.69) is 10.3 Å². The normalized spacial score (nSPS) is 11.2. The van der Waals surface area contributed by atoms with Gasteiger partial charge in [-0.3, -0.25) is 14.9 Å². The molecule has 1 amide bonds. The Balaban J connectivity index is 1.76. The number of fused-ring (bicyclic) bond motifs is 2. The van der Waals surface area contributed by atoms with Crippen LogP contribution in [0.5, 0.6) is 0 Å². The van der Waals surface area contributed by atoms with Gasteiger partial charge < -0.3 is 4.57 Å². The van der Waals surface area contributed by atoms with Gasteiger partial charge in [-0.1, -0.05) is 17.4 Å². The number of nitrogens with zero attached hydrogens (tertiary/aromatic N) is 2. The summed E-state index contributed by atoms with van der Waals surface area (Å²) < 4.78 is 29.2. The average molecular weight is 371 g/mol. The molecule has 2 heterocycles. The van der Waals surface area contributed by atoms with E-state index in [1.807, 2.05) is 0 Å². The highest BCUT2D eigenvalue weighted by Gasteiger charge is 2.17. The van der Waals surface area contributed by atoms with Crippen LogP contribution >= 0.6 is 11.3 Å². The van der Waals surface area contributed by atoms with Gasteiger partial charge in [0.1, 0.15) is 17.2 Å². The third-order valence-electron chi connectivity index (χ3n) is 3.97. The molecule has 130 valence electrons. The maximum atomic E-state index is 14.0. The first-order chi connectivity index (χ1) is 12.4. The monoisotopic (exact) mass is 371 g/mol. The highest BCUT2D eigenvalue weighted by Crippen LogP contribution is 2.26. The highest BCUT2D eigenvalue weighted by atomic mass is 32.1. The number of aryl methyl sites for hydroxylation is 1. The zero-order valence-electron chi connectivity index (χ0n) is 13.4. The molecule has 4 rings (SSSR count). The molecule has 0 aliphatic heterocycles. The van der Waals surface area contributed by atoms with Crippen LogP contribution in [0.2, 0.25) is 0 Å². The molecule has 2 aromatic heterocycles. The number of anilines is 1. The summed E-state index contributed by atoms with van der Waals surface area (Å²) in [7, 11) is 1.56. The zero-order valence-corrected chi connectivity index (χ0v) is 14.2. The largest absolute Gasteiger partial charge is 0.347 e. The van der Waals surface area contributed by atoms with Crippen LogP contribution in [0.15, 0.2) is 47.4 Å². The summed E-state index contributed by atoms with van der Waals surface area (Å²) in [6.45, 7) is 0. The van der Waals surface area contributed by atoms with E-state index in [0.29, 0.717) is 10.2 Å². The number of benzene rings is 2. The summed E-state index contributed by atoms with van der Waals surface area (Å²) in [5.74, 6) is -1.59.